The van der Waals surface area contributed by atoms with E-state index in [1.165, 1.54) is 77.9 Å². The van der Waals surface area contributed by atoms with Crippen molar-refractivity contribution in [1.29, 1.82) is 0 Å². The van der Waals surface area contributed by atoms with E-state index < -0.39 is 0 Å². The summed E-state index contributed by atoms with van der Waals surface area (Å²) in [6, 6.07) is 49.4. The second-order valence-electron chi connectivity index (χ2n) is 12.0. The van der Waals surface area contributed by atoms with Crippen molar-refractivity contribution in [2.24, 2.45) is 0 Å². The molecule has 41 heavy (non-hydrogen) atoms. The third-order valence-electron chi connectivity index (χ3n) is 8.82. The molecule has 0 bridgehead atoms. The summed E-state index contributed by atoms with van der Waals surface area (Å²) in [5, 5.41) is 0. The summed E-state index contributed by atoms with van der Waals surface area (Å²) in [6.45, 7) is 9.03. The Kier molecular flexibility index (Phi) is 6.02. The lowest BCUT2D eigenvalue weighted by molar-refractivity contribution is 0.661. The van der Waals surface area contributed by atoms with Gasteiger partial charge in [-0.2, -0.15) is 0 Å². The Bertz CT molecular complexity index is 1760. The van der Waals surface area contributed by atoms with Gasteiger partial charge in [-0.05, 0) is 92.7 Å². The van der Waals surface area contributed by atoms with Crippen LogP contribution in [-0.2, 0) is 5.41 Å². The summed E-state index contributed by atoms with van der Waals surface area (Å²) in [6.07, 6.45) is 0. The second-order valence-corrected chi connectivity index (χ2v) is 12.0. The van der Waals surface area contributed by atoms with Crippen LogP contribution >= 0.6 is 0 Å². The van der Waals surface area contributed by atoms with Crippen molar-refractivity contribution in [3.63, 3.8) is 0 Å². The molecule has 0 saturated heterocycles. The molecule has 1 aliphatic rings. The summed E-state index contributed by atoms with van der Waals surface area (Å²) >= 11 is 0. The molecule has 0 nitrogen and oxygen atoms in total. The molecule has 0 atom stereocenters. The molecular weight excluding hydrogens is 492 g/mol. The quantitative estimate of drug-likeness (QED) is 0.214. The van der Waals surface area contributed by atoms with Crippen LogP contribution in [0.3, 0.4) is 0 Å². The van der Waals surface area contributed by atoms with Gasteiger partial charge in [0.25, 0.3) is 0 Å². The van der Waals surface area contributed by atoms with E-state index in [1.807, 2.05) is 0 Å². The summed E-state index contributed by atoms with van der Waals surface area (Å²) in [5.41, 5.74) is 18.1. The number of rotatable bonds is 4. The van der Waals surface area contributed by atoms with Crippen LogP contribution in [0.25, 0.3) is 55.6 Å². The van der Waals surface area contributed by atoms with E-state index in [2.05, 4.69) is 161 Å². The van der Waals surface area contributed by atoms with Gasteiger partial charge in [0.15, 0.2) is 0 Å². The molecular formula is C41H34. The molecule has 6 aromatic rings. The molecule has 198 valence electrons. The number of benzene rings is 6. The molecule has 0 radical (unpaired) electrons. The van der Waals surface area contributed by atoms with Crippen molar-refractivity contribution < 1.29 is 0 Å². The van der Waals surface area contributed by atoms with Crippen molar-refractivity contribution in [3.05, 3.63) is 156 Å². The fraction of sp³-hybridized carbons (Fsp3) is 0.122. The van der Waals surface area contributed by atoms with Crippen LogP contribution in [0.4, 0.5) is 0 Å². The van der Waals surface area contributed by atoms with Crippen molar-refractivity contribution in [3.8, 4) is 55.6 Å². The van der Waals surface area contributed by atoms with E-state index in [-0.39, 0.29) is 5.41 Å². The van der Waals surface area contributed by atoms with Gasteiger partial charge in [0, 0.05) is 5.41 Å². The van der Waals surface area contributed by atoms with Gasteiger partial charge in [-0.15, -0.1) is 0 Å². The van der Waals surface area contributed by atoms with Crippen LogP contribution in [0.5, 0.6) is 0 Å². The average molecular weight is 527 g/mol. The standard InChI is InChI=1S/C41H34/c1-27-7-5-9-33(23-27)29-11-15-31(16-12-29)35-19-21-37-38-22-20-36(26-40(38)41(3,4)39(37)25-35)32-17-13-30(14-18-32)34-10-6-8-28(2)24-34/h5-26H,1-4H3. The van der Waals surface area contributed by atoms with E-state index in [0.29, 0.717) is 0 Å². The van der Waals surface area contributed by atoms with Gasteiger partial charge < -0.3 is 0 Å². The van der Waals surface area contributed by atoms with E-state index in [9.17, 15) is 0 Å². The van der Waals surface area contributed by atoms with Crippen LogP contribution in [0.2, 0.25) is 0 Å². The predicted molar refractivity (Wildman–Crippen MR) is 175 cm³/mol. The maximum absolute atomic E-state index is 2.41. The number of aryl methyl sites for hydroxylation is 2. The summed E-state index contributed by atoms with van der Waals surface area (Å²) in [7, 11) is 0. The maximum atomic E-state index is 2.41. The number of fused-ring (bicyclic) bond motifs is 3. The number of hydrogen-bond acceptors (Lipinski definition) is 0. The molecule has 0 aliphatic heterocycles. The van der Waals surface area contributed by atoms with E-state index in [4.69, 9.17) is 0 Å². The summed E-state index contributed by atoms with van der Waals surface area (Å²) in [5.74, 6) is 0. The van der Waals surface area contributed by atoms with Crippen molar-refractivity contribution in [1.82, 2.24) is 0 Å². The summed E-state index contributed by atoms with van der Waals surface area (Å²) in [4.78, 5) is 0. The van der Waals surface area contributed by atoms with Crippen LogP contribution in [0.15, 0.2) is 133 Å². The zero-order valence-electron chi connectivity index (χ0n) is 24.2. The SMILES string of the molecule is Cc1cccc(-c2ccc(-c3ccc4c(c3)C(C)(C)c3cc(-c5ccc(-c6cccc(C)c6)cc5)ccc3-4)cc2)c1. The third kappa shape index (κ3) is 4.50. The first-order valence-corrected chi connectivity index (χ1v) is 14.5. The molecule has 1 aliphatic carbocycles. The monoisotopic (exact) mass is 526 g/mol. The Morgan fingerprint density at radius 1 is 0.341 bits per heavy atom. The fourth-order valence-electron chi connectivity index (χ4n) is 6.46. The molecule has 0 aromatic heterocycles. The zero-order chi connectivity index (χ0) is 28.1. The minimum atomic E-state index is -0.0697. The first kappa shape index (κ1) is 25.3. The third-order valence-corrected chi connectivity index (χ3v) is 8.82. The second kappa shape index (κ2) is 9.75. The molecule has 0 heterocycles. The minimum Gasteiger partial charge on any atom is -0.0614 e. The van der Waals surface area contributed by atoms with E-state index in [0.717, 1.165) is 0 Å². The Balaban J connectivity index is 1.19. The molecule has 0 amide bonds. The highest BCUT2D eigenvalue weighted by Crippen LogP contribution is 2.50. The molecule has 0 unspecified atom stereocenters. The highest BCUT2D eigenvalue weighted by atomic mass is 14.4. The smallest absolute Gasteiger partial charge is 0.0159 e. The summed E-state index contributed by atoms with van der Waals surface area (Å²) < 4.78 is 0. The molecule has 0 fully saturated rings. The minimum absolute atomic E-state index is 0.0697. The van der Waals surface area contributed by atoms with Crippen LogP contribution in [-0.4, -0.2) is 0 Å². The zero-order valence-corrected chi connectivity index (χ0v) is 24.2. The highest BCUT2D eigenvalue weighted by molar-refractivity contribution is 5.86. The van der Waals surface area contributed by atoms with Gasteiger partial charge in [-0.3, -0.25) is 0 Å². The number of hydrogen-bond donors (Lipinski definition) is 0. The molecule has 0 spiro atoms. The lowest BCUT2D eigenvalue weighted by Gasteiger charge is -2.22. The molecule has 0 heteroatoms. The van der Waals surface area contributed by atoms with Crippen LogP contribution < -0.4 is 0 Å². The maximum Gasteiger partial charge on any atom is 0.0159 e. The Labute approximate surface area is 244 Å². The fourth-order valence-corrected chi connectivity index (χ4v) is 6.46. The first-order valence-electron chi connectivity index (χ1n) is 14.5. The first-order chi connectivity index (χ1) is 19.9. The van der Waals surface area contributed by atoms with E-state index >= 15 is 0 Å². The Morgan fingerprint density at radius 3 is 1.00 bits per heavy atom. The van der Waals surface area contributed by atoms with Gasteiger partial charge in [-0.25, -0.2) is 0 Å². The lowest BCUT2D eigenvalue weighted by atomic mass is 9.80. The Morgan fingerprint density at radius 2 is 0.659 bits per heavy atom. The lowest BCUT2D eigenvalue weighted by Crippen LogP contribution is -2.15. The topological polar surface area (TPSA) is 0 Å². The molecule has 0 N–H and O–H groups in total. The normalized spacial score (nSPS) is 13.1. The van der Waals surface area contributed by atoms with Gasteiger partial charge >= 0.3 is 0 Å². The van der Waals surface area contributed by atoms with Crippen LogP contribution in [0, 0.1) is 13.8 Å². The van der Waals surface area contributed by atoms with Gasteiger partial charge in [0.05, 0.1) is 0 Å². The molecule has 7 rings (SSSR count). The van der Waals surface area contributed by atoms with Crippen molar-refractivity contribution in [2.45, 2.75) is 33.1 Å². The van der Waals surface area contributed by atoms with E-state index in [1.54, 1.807) is 0 Å². The Hall–Kier alpha value is -4.68. The average Bonchev–Trinajstić information content (AvgIpc) is 3.23. The van der Waals surface area contributed by atoms with Gasteiger partial charge in [0.2, 0.25) is 0 Å². The molecule has 6 aromatic carbocycles. The van der Waals surface area contributed by atoms with Crippen molar-refractivity contribution in [2.75, 3.05) is 0 Å². The largest absolute Gasteiger partial charge is 0.0614 e. The van der Waals surface area contributed by atoms with Gasteiger partial charge in [-0.1, -0.05) is 146 Å². The molecule has 0 saturated carbocycles. The van der Waals surface area contributed by atoms with Gasteiger partial charge in [0.1, 0.15) is 0 Å². The van der Waals surface area contributed by atoms with Crippen LogP contribution in [0.1, 0.15) is 36.1 Å². The predicted octanol–water partition coefficient (Wildman–Crippen LogP) is 11.3. The van der Waals surface area contributed by atoms with Crippen molar-refractivity contribution >= 4 is 0 Å². The highest BCUT2D eigenvalue weighted by Gasteiger charge is 2.35.